The lowest BCUT2D eigenvalue weighted by molar-refractivity contribution is -0.129. The Bertz CT molecular complexity index is 924. The second kappa shape index (κ2) is 6.26. The van der Waals surface area contributed by atoms with Crippen LogP contribution in [0.25, 0.3) is 17.2 Å². The van der Waals surface area contributed by atoms with Crippen LogP contribution in [-0.2, 0) is 9.53 Å². The summed E-state index contributed by atoms with van der Waals surface area (Å²) in [4.78, 5) is 17.3. The number of rotatable bonds is 3. The highest BCUT2D eigenvalue weighted by Crippen LogP contribution is 2.23. The van der Waals surface area contributed by atoms with Crippen molar-refractivity contribution in [3.05, 3.63) is 88.2 Å². The third-order valence-corrected chi connectivity index (χ3v) is 4.50. The number of cyclic esters (lactones) is 1. The molecule has 0 fully saturated rings. The monoisotopic (exact) mass is 331 g/mol. The van der Waals surface area contributed by atoms with Gasteiger partial charge in [-0.1, -0.05) is 48.5 Å². The maximum atomic E-state index is 12.0. The molecule has 4 heteroatoms. The van der Waals surface area contributed by atoms with Crippen LogP contribution in [0.15, 0.2) is 82.8 Å². The molecule has 2 heterocycles. The quantitative estimate of drug-likeness (QED) is 0.513. The van der Waals surface area contributed by atoms with Crippen LogP contribution >= 0.6 is 11.3 Å². The Morgan fingerprint density at radius 3 is 2.25 bits per heavy atom. The van der Waals surface area contributed by atoms with E-state index in [1.54, 1.807) is 17.4 Å². The SMILES string of the molecule is O=C1OC(c2ccc(-c3ccccc3)cc2)=N/C1=C\c1cccs1. The Kier molecular flexibility index (Phi) is 3.81. The number of hydrogen-bond donors (Lipinski definition) is 0. The van der Waals surface area contributed by atoms with Gasteiger partial charge >= 0.3 is 5.97 Å². The molecule has 3 nitrogen and oxygen atoms in total. The molecule has 0 saturated heterocycles. The van der Waals surface area contributed by atoms with Crippen molar-refractivity contribution in [3.63, 3.8) is 0 Å². The van der Waals surface area contributed by atoms with Crippen LogP contribution in [0.5, 0.6) is 0 Å². The molecule has 4 rings (SSSR count). The molecule has 3 aromatic rings. The van der Waals surface area contributed by atoms with E-state index >= 15 is 0 Å². The van der Waals surface area contributed by atoms with Gasteiger partial charge in [0, 0.05) is 10.4 Å². The van der Waals surface area contributed by atoms with Crippen molar-refractivity contribution in [3.8, 4) is 11.1 Å². The number of aliphatic imine (C=N–C) groups is 1. The Hall–Kier alpha value is -2.98. The van der Waals surface area contributed by atoms with E-state index < -0.39 is 5.97 Å². The third kappa shape index (κ3) is 2.92. The van der Waals surface area contributed by atoms with E-state index in [4.69, 9.17) is 4.74 Å². The fraction of sp³-hybridized carbons (Fsp3) is 0. The molecule has 0 aliphatic carbocycles. The largest absolute Gasteiger partial charge is 0.402 e. The summed E-state index contributed by atoms with van der Waals surface area (Å²) in [5.74, 6) is -0.0621. The summed E-state index contributed by atoms with van der Waals surface area (Å²) in [5, 5.41) is 1.96. The molecule has 0 atom stereocenters. The molecule has 0 amide bonds. The zero-order chi connectivity index (χ0) is 16.4. The van der Waals surface area contributed by atoms with Crippen molar-refractivity contribution in [2.75, 3.05) is 0 Å². The summed E-state index contributed by atoms with van der Waals surface area (Å²) in [5.41, 5.74) is 3.38. The number of hydrogen-bond acceptors (Lipinski definition) is 4. The summed E-state index contributed by atoms with van der Waals surface area (Å²) in [6.07, 6.45) is 1.75. The molecular formula is C20H13NO2S. The molecular weight excluding hydrogens is 318 g/mol. The Labute approximate surface area is 143 Å². The average molecular weight is 331 g/mol. The maximum absolute atomic E-state index is 12.0. The molecule has 0 saturated carbocycles. The summed E-state index contributed by atoms with van der Waals surface area (Å²) in [6.45, 7) is 0. The van der Waals surface area contributed by atoms with Gasteiger partial charge in [0.2, 0.25) is 5.90 Å². The lowest BCUT2D eigenvalue weighted by Crippen LogP contribution is -2.05. The molecule has 1 aliphatic rings. The van der Waals surface area contributed by atoms with Gasteiger partial charge in [-0.05, 0) is 40.8 Å². The van der Waals surface area contributed by atoms with E-state index in [1.807, 2.05) is 60.0 Å². The first-order valence-corrected chi connectivity index (χ1v) is 8.39. The summed E-state index contributed by atoms with van der Waals surface area (Å²) >= 11 is 1.55. The van der Waals surface area contributed by atoms with Gasteiger partial charge in [-0.2, -0.15) is 0 Å². The van der Waals surface area contributed by atoms with Crippen molar-refractivity contribution >= 4 is 29.3 Å². The first-order valence-electron chi connectivity index (χ1n) is 7.51. The van der Waals surface area contributed by atoms with Crippen molar-refractivity contribution in [1.29, 1.82) is 0 Å². The molecule has 24 heavy (non-hydrogen) atoms. The highest BCUT2D eigenvalue weighted by atomic mass is 32.1. The lowest BCUT2D eigenvalue weighted by Gasteiger charge is -2.03. The van der Waals surface area contributed by atoms with Crippen molar-refractivity contribution in [2.45, 2.75) is 0 Å². The first-order chi connectivity index (χ1) is 11.8. The van der Waals surface area contributed by atoms with Crippen LogP contribution in [0.1, 0.15) is 10.4 Å². The van der Waals surface area contributed by atoms with Gasteiger partial charge in [0.25, 0.3) is 0 Å². The number of carbonyl (C=O) groups excluding carboxylic acids is 1. The highest BCUT2D eigenvalue weighted by Gasteiger charge is 2.24. The summed E-state index contributed by atoms with van der Waals surface area (Å²) in [6, 6.07) is 21.8. The van der Waals surface area contributed by atoms with E-state index in [-0.39, 0.29) is 0 Å². The minimum absolute atomic E-state index is 0.333. The van der Waals surface area contributed by atoms with E-state index in [2.05, 4.69) is 17.1 Å². The second-order valence-corrected chi connectivity index (χ2v) is 6.27. The predicted octanol–water partition coefficient (Wildman–Crippen LogP) is 4.76. The van der Waals surface area contributed by atoms with Crippen molar-refractivity contribution in [2.24, 2.45) is 4.99 Å². The highest BCUT2D eigenvalue weighted by molar-refractivity contribution is 7.10. The molecule has 0 radical (unpaired) electrons. The minimum atomic E-state index is -0.412. The Morgan fingerprint density at radius 1 is 0.833 bits per heavy atom. The Balaban J connectivity index is 1.61. The third-order valence-electron chi connectivity index (χ3n) is 3.68. The summed E-state index contributed by atoms with van der Waals surface area (Å²) in [7, 11) is 0. The number of esters is 1. The molecule has 1 aliphatic heterocycles. The van der Waals surface area contributed by atoms with Gasteiger partial charge in [-0.3, -0.25) is 0 Å². The average Bonchev–Trinajstić information content (AvgIpc) is 3.27. The number of nitrogens with zero attached hydrogens (tertiary/aromatic N) is 1. The minimum Gasteiger partial charge on any atom is -0.402 e. The normalized spacial score (nSPS) is 15.4. The van der Waals surface area contributed by atoms with E-state index in [0.29, 0.717) is 11.6 Å². The topological polar surface area (TPSA) is 38.7 Å². The molecule has 116 valence electrons. The van der Waals surface area contributed by atoms with Crippen LogP contribution < -0.4 is 0 Å². The molecule has 0 N–H and O–H groups in total. The molecule has 1 aromatic heterocycles. The van der Waals surface area contributed by atoms with Gasteiger partial charge in [-0.15, -0.1) is 11.3 Å². The van der Waals surface area contributed by atoms with Gasteiger partial charge in [0.1, 0.15) is 0 Å². The zero-order valence-corrected chi connectivity index (χ0v) is 13.5. The van der Waals surface area contributed by atoms with Crippen LogP contribution in [-0.4, -0.2) is 11.9 Å². The number of carbonyl (C=O) groups is 1. The predicted molar refractivity (Wildman–Crippen MR) is 96.8 cm³/mol. The van der Waals surface area contributed by atoms with Gasteiger partial charge in [-0.25, -0.2) is 9.79 Å². The number of benzene rings is 2. The maximum Gasteiger partial charge on any atom is 0.363 e. The Morgan fingerprint density at radius 2 is 1.54 bits per heavy atom. The molecule has 0 unspecified atom stereocenters. The zero-order valence-electron chi connectivity index (χ0n) is 12.7. The standard InChI is InChI=1S/C20H13NO2S/c22-20-18(13-17-7-4-12-24-17)21-19(23-20)16-10-8-15(9-11-16)14-5-2-1-3-6-14/h1-13H/b18-13-. The van der Waals surface area contributed by atoms with Crippen LogP contribution in [0.3, 0.4) is 0 Å². The van der Waals surface area contributed by atoms with Crippen LogP contribution in [0.4, 0.5) is 0 Å². The first kappa shape index (κ1) is 14.6. The van der Waals surface area contributed by atoms with E-state index in [0.717, 1.165) is 21.6 Å². The lowest BCUT2D eigenvalue weighted by atomic mass is 10.0. The van der Waals surface area contributed by atoms with Crippen LogP contribution in [0, 0.1) is 0 Å². The van der Waals surface area contributed by atoms with E-state index in [1.165, 1.54) is 0 Å². The number of thiophene rings is 1. The fourth-order valence-electron chi connectivity index (χ4n) is 2.48. The molecule has 2 aromatic carbocycles. The fourth-order valence-corrected chi connectivity index (χ4v) is 3.13. The number of ether oxygens (including phenoxy) is 1. The smallest absolute Gasteiger partial charge is 0.363 e. The van der Waals surface area contributed by atoms with Crippen molar-refractivity contribution in [1.82, 2.24) is 0 Å². The van der Waals surface area contributed by atoms with Gasteiger partial charge in [0.05, 0.1) is 0 Å². The molecule has 0 spiro atoms. The molecule has 0 bridgehead atoms. The van der Waals surface area contributed by atoms with E-state index in [9.17, 15) is 4.79 Å². The van der Waals surface area contributed by atoms with Gasteiger partial charge < -0.3 is 4.74 Å². The second-order valence-electron chi connectivity index (χ2n) is 5.29. The van der Waals surface area contributed by atoms with Gasteiger partial charge in [0.15, 0.2) is 5.70 Å². The summed E-state index contributed by atoms with van der Waals surface area (Å²) < 4.78 is 5.30. The van der Waals surface area contributed by atoms with Crippen molar-refractivity contribution < 1.29 is 9.53 Å². The van der Waals surface area contributed by atoms with Crippen LogP contribution in [0.2, 0.25) is 0 Å².